The van der Waals surface area contributed by atoms with E-state index in [2.05, 4.69) is 6.08 Å². The molecule has 2 rings (SSSR count). The molecule has 0 bridgehead atoms. The molecule has 117 valence electrons. The third-order valence-corrected chi connectivity index (χ3v) is 3.76. The van der Waals surface area contributed by atoms with E-state index in [1.54, 1.807) is 30.2 Å². The second-order valence-electron chi connectivity index (χ2n) is 4.47. The van der Waals surface area contributed by atoms with Gasteiger partial charge in [0.1, 0.15) is 11.1 Å². The summed E-state index contributed by atoms with van der Waals surface area (Å²) < 4.78 is 10.2. The first kappa shape index (κ1) is 19.9. The van der Waals surface area contributed by atoms with E-state index in [0.29, 0.717) is 29.4 Å². The van der Waals surface area contributed by atoms with Crippen molar-refractivity contribution in [2.24, 2.45) is 0 Å². The maximum atomic E-state index is 12.1. The zero-order chi connectivity index (χ0) is 15.4. The van der Waals surface area contributed by atoms with E-state index in [0.717, 1.165) is 5.56 Å². The molecular formula is C15H16Cl2NO3Y-. The Kier molecular flexibility index (Phi) is 8.36. The van der Waals surface area contributed by atoms with Gasteiger partial charge in [0.05, 0.1) is 0 Å². The quantitative estimate of drug-likeness (QED) is 0.419. The van der Waals surface area contributed by atoms with Crippen LogP contribution in [-0.2, 0) is 42.2 Å². The summed E-state index contributed by atoms with van der Waals surface area (Å²) in [5.74, 6) is 0.482. The smallest absolute Gasteiger partial charge is 0.241 e. The largest absolute Gasteiger partial charge is 0.468 e. The summed E-state index contributed by atoms with van der Waals surface area (Å²) in [5, 5.41) is -0.0674. The molecule has 7 heteroatoms. The summed E-state index contributed by atoms with van der Waals surface area (Å²) in [4.78, 5) is 13.7. The minimum Gasteiger partial charge on any atom is -0.468 e. The van der Waals surface area contributed by atoms with Crippen molar-refractivity contribution in [3.8, 4) is 5.75 Å². The molecule has 0 saturated heterocycles. The summed E-state index contributed by atoms with van der Waals surface area (Å²) in [5.41, 5.74) is 1.41. The fourth-order valence-corrected chi connectivity index (χ4v) is 2.56. The second kappa shape index (κ2) is 9.24. The van der Waals surface area contributed by atoms with Crippen molar-refractivity contribution in [1.29, 1.82) is 0 Å². The Morgan fingerprint density at radius 2 is 2.18 bits per heavy atom. The number of amides is 1. The number of nitrogens with zero attached hydrogens (tertiary/aromatic N) is 1. The van der Waals surface area contributed by atoms with Gasteiger partial charge in [-0.3, -0.25) is 4.79 Å². The van der Waals surface area contributed by atoms with Crippen molar-refractivity contribution >= 4 is 34.8 Å². The molecule has 1 heterocycles. The molecule has 1 atom stereocenters. The van der Waals surface area contributed by atoms with Crippen LogP contribution in [0.25, 0.3) is 5.70 Å². The number of alkyl halides is 1. The molecule has 0 N–H and O–H groups in total. The number of rotatable bonds is 5. The van der Waals surface area contributed by atoms with Gasteiger partial charge in [0.25, 0.3) is 0 Å². The van der Waals surface area contributed by atoms with Crippen LogP contribution in [0.15, 0.2) is 18.2 Å². The summed E-state index contributed by atoms with van der Waals surface area (Å²) in [6.45, 7) is 2.55. The summed E-state index contributed by atoms with van der Waals surface area (Å²) in [7, 11) is 1.55. The van der Waals surface area contributed by atoms with Crippen LogP contribution in [0, 0.1) is 6.08 Å². The Morgan fingerprint density at radius 3 is 2.77 bits per heavy atom. The molecule has 1 aromatic rings. The zero-order valence-corrected chi connectivity index (χ0v) is 16.8. The topological polar surface area (TPSA) is 38.8 Å². The number of ether oxygens (including phenoxy) is 2. The molecule has 0 aliphatic carbocycles. The second-order valence-corrected chi connectivity index (χ2v) is 5.41. The molecule has 0 saturated carbocycles. The SMILES string of the molecule is CCN1C(=O)C(Cl)C[C-]=C1c1ccc(OCOC)cc1Cl.[Y]. The van der Waals surface area contributed by atoms with Gasteiger partial charge in [0, 0.05) is 46.4 Å². The van der Waals surface area contributed by atoms with Crippen molar-refractivity contribution in [2.45, 2.75) is 18.7 Å². The van der Waals surface area contributed by atoms with Gasteiger partial charge >= 0.3 is 0 Å². The van der Waals surface area contributed by atoms with Crippen molar-refractivity contribution in [1.82, 2.24) is 4.90 Å². The van der Waals surface area contributed by atoms with E-state index in [-0.39, 0.29) is 45.4 Å². The van der Waals surface area contributed by atoms with Crippen LogP contribution in [0.2, 0.25) is 5.02 Å². The van der Waals surface area contributed by atoms with E-state index < -0.39 is 5.38 Å². The third kappa shape index (κ3) is 4.45. The van der Waals surface area contributed by atoms with Gasteiger partial charge in [-0.1, -0.05) is 6.42 Å². The summed E-state index contributed by atoms with van der Waals surface area (Å²) in [6.07, 6.45) is 3.54. The Morgan fingerprint density at radius 1 is 1.45 bits per heavy atom. The van der Waals surface area contributed by atoms with Crippen molar-refractivity contribution in [3.63, 3.8) is 0 Å². The van der Waals surface area contributed by atoms with Crippen LogP contribution in [0.3, 0.4) is 0 Å². The monoisotopic (exact) mass is 417 g/mol. The van der Waals surface area contributed by atoms with E-state index in [4.69, 9.17) is 32.7 Å². The minimum atomic E-state index is -0.559. The number of carbonyl (C=O) groups excluding carboxylic acids is 1. The molecule has 0 aromatic heterocycles. The average Bonchev–Trinajstić information content (AvgIpc) is 2.48. The van der Waals surface area contributed by atoms with Crippen molar-refractivity contribution in [3.05, 3.63) is 34.9 Å². The molecule has 1 aromatic carbocycles. The number of methoxy groups -OCH3 is 1. The van der Waals surface area contributed by atoms with Gasteiger partial charge in [-0.2, -0.15) is 0 Å². The number of carbonyl (C=O) groups is 1. The average molecular weight is 418 g/mol. The van der Waals surface area contributed by atoms with Crippen LogP contribution >= 0.6 is 23.2 Å². The van der Waals surface area contributed by atoms with Gasteiger partial charge in [0.15, 0.2) is 6.79 Å². The summed E-state index contributed by atoms with van der Waals surface area (Å²) in [6, 6.07) is 5.27. The van der Waals surface area contributed by atoms with Gasteiger partial charge < -0.3 is 14.4 Å². The van der Waals surface area contributed by atoms with Crippen LogP contribution < -0.4 is 4.74 Å². The normalized spacial score (nSPS) is 17.8. The minimum absolute atomic E-state index is 0. The Labute approximate surface area is 165 Å². The maximum Gasteiger partial charge on any atom is 0.241 e. The summed E-state index contributed by atoms with van der Waals surface area (Å²) >= 11 is 12.3. The number of allylic oxidation sites excluding steroid dienone is 1. The predicted octanol–water partition coefficient (Wildman–Crippen LogP) is 3.32. The molecule has 0 spiro atoms. The standard InChI is InChI=1S/C15H16Cl2NO3.Y/c1-3-18-14(7-6-12(16)15(18)19)11-5-4-10(8-13(11)17)21-9-20-2;/h4-5,8,12H,3,6,9H2,1-2H3;/q-1;. The fourth-order valence-electron chi connectivity index (χ4n) is 2.11. The molecule has 1 amide bonds. The van der Waals surface area contributed by atoms with E-state index in [9.17, 15) is 4.79 Å². The maximum absolute atomic E-state index is 12.1. The number of benzene rings is 1. The van der Waals surface area contributed by atoms with E-state index in [1.165, 1.54) is 0 Å². The molecule has 22 heavy (non-hydrogen) atoms. The number of hydrogen-bond donors (Lipinski definition) is 0. The van der Waals surface area contributed by atoms with Gasteiger partial charge in [0.2, 0.25) is 5.91 Å². The van der Waals surface area contributed by atoms with Gasteiger partial charge in [-0.05, 0) is 24.1 Å². The Hall–Kier alpha value is -0.126. The first-order valence-corrected chi connectivity index (χ1v) is 7.37. The zero-order valence-electron chi connectivity index (χ0n) is 12.4. The van der Waals surface area contributed by atoms with E-state index >= 15 is 0 Å². The molecule has 4 nitrogen and oxygen atoms in total. The molecule has 1 unspecified atom stereocenters. The molecule has 1 radical (unpaired) electrons. The van der Waals surface area contributed by atoms with Crippen molar-refractivity contribution in [2.75, 3.05) is 20.4 Å². The van der Waals surface area contributed by atoms with Crippen LogP contribution in [0.4, 0.5) is 0 Å². The first-order chi connectivity index (χ1) is 10.1. The Balaban J connectivity index is 0.00000242. The molecule has 0 fully saturated rings. The first-order valence-electron chi connectivity index (χ1n) is 6.56. The fraction of sp³-hybridized carbons (Fsp3) is 0.400. The number of hydrogen-bond acceptors (Lipinski definition) is 3. The van der Waals surface area contributed by atoms with Crippen LogP contribution in [0.5, 0.6) is 5.75 Å². The molecular weight excluding hydrogens is 402 g/mol. The Bertz CT molecular complexity index is 566. The van der Waals surface area contributed by atoms with E-state index in [1.807, 2.05) is 6.92 Å². The molecule has 1 aliphatic heterocycles. The van der Waals surface area contributed by atoms with Crippen molar-refractivity contribution < 1.29 is 47.0 Å². The third-order valence-electron chi connectivity index (χ3n) is 3.11. The predicted molar refractivity (Wildman–Crippen MR) is 82.3 cm³/mol. The van der Waals surface area contributed by atoms with Gasteiger partial charge in [-0.15, -0.1) is 40.5 Å². The number of halogens is 2. The molecule has 1 aliphatic rings. The van der Waals surface area contributed by atoms with Gasteiger partial charge in [-0.25, -0.2) is 6.08 Å². The van der Waals surface area contributed by atoms with Crippen LogP contribution in [0.1, 0.15) is 18.9 Å². The van der Waals surface area contributed by atoms with Crippen LogP contribution in [-0.4, -0.2) is 36.6 Å².